The Morgan fingerprint density at radius 2 is 2.14 bits per heavy atom. The summed E-state index contributed by atoms with van der Waals surface area (Å²) >= 11 is 6.04. The molecule has 0 saturated carbocycles. The highest BCUT2D eigenvalue weighted by molar-refractivity contribution is 14.1. The third-order valence-electron chi connectivity index (χ3n) is 2.45. The Kier molecular flexibility index (Phi) is 5.91. The number of benzene rings is 1. The van der Waals surface area contributed by atoms with E-state index in [4.69, 9.17) is 5.26 Å². The van der Waals surface area contributed by atoms with E-state index in [1.54, 1.807) is 6.07 Å². The molecule has 0 bridgehead atoms. The van der Waals surface area contributed by atoms with Crippen LogP contribution >= 0.6 is 67.8 Å². The van der Waals surface area contributed by atoms with Crippen LogP contribution in [0.15, 0.2) is 12.3 Å². The average molecular weight is 634 g/mol. The summed E-state index contributed by atoms with van der Waals surface area (Å²) in [4.78, 5) is 11.3. The molecule has 1 heterocycles. The number of anilines is 1. The van der Waals surface area contributed by atoms with Crippen molar-refractivity contribution in [1.29, 1.82) is 5.26 Å². The van der Waals surface area contributed by atoms with Gasteiger partial charge in [-0.2, -0.15) is 10.5 Å². The van der Waals surface area contributed by atoms with Crippen molar-refractivity contribution in [3.8, 4) is 6.07 Å². The van der Waals surface area contributed by atoms with Crippen LogP contribution in [-0.2, 0) is 0 Å². The van der Waals surface area contributed by atoms with Crippen LogP contribution < -0.4 is 5.32 Å². The number of H-pyrrole nitrogens is 1. The molecule has 3 N–H and O–H groups in total. The maximum absolute atomic E-state index is 11.3. The lowest BCUT2D eigenvalue weighted by Crippen LogP contribution is -2.07. The van der Waals surface area contributed by atoms with Crippen molar-refractivity contribution in [3.05, 3.63) is 34.4 Å². The number of carboxylic acid groups (broad SMARTS) is 1. The summed E-state index contributed by atoms with van der Waals surface area (Å²) in [5.74, 6) is -0.847. The van der Waals surface area contributed by atoms with Gasteiger partial charge in [0.1, 0.15) is 11.6 Å². The van der Waals surface area contributed by atoms with Crippen molar-refractivity contribution in [2.75, 3.05) is 5.32 Å². The van der Waals surface area contributed by atoms with Gasteiger partial charge in [0, 0.05) is 13.3 Å². The molecule has 0 saturated heterocycles. The zero-order valence-electron chi connectivity index (χ0n) is 10.4. The van der Waals surface area contributed by atoms with Crippen LogP contribution in [0.1, 0.15) is 16.2 Å². The number of hydrogen-bond donors (Lipinski definition) is 3. The molecule has 0 aliphatic carbocycles. The Morgan fingerprint density at radius 1 is 1.41 bits per heavy atom. The number of aromatic amines is 1. The molecular formula is C11H5I3N6O2. The predicted octanol–water partition coefficient (Wildman–Crippen LogP) is 2.69. The number of allylic oxidation sites excluding steroid dienone is 1. The van der Waals surface area contributed by atoms with Crippen molar-refractivity contribution in [1.82, 2.24) is 20.6 Å². The lowest BCUT2D eigenvalue weighted by Gasteiger charge is -2.12. The van der Waals surface area contributed by atoms with Gasteiger partial charge >= 0.3 is 5.97 Å². The fraction of sp³-hybridized carbons (Fsp3) is 0. The normalized spacial score (nSPS) is 11.1. The van der Waals surface area contributed by atoms with E-state index >= 15 is 0 Å². The smallest absolute Gasteiger partial charge is 0.337 e. The van der Waals surface area contributed by atoms with Gasteiger partial charge in [-0.05, 0) is 79.1 Å². The molecule has 0 unspecified atom stereocenters. The molecule has 2 rings (SSSR count). The summed E-state index contributed by atoms with van der Waals surface area (Å²) in [6.45, 7) is 0. The molecule has 11 heteroatoms. The summed E-state index contributed by atoms with van der Waals surface area (Å²) in [7, 11) is 0. The second-order valence-electron chi connectivity index (χ2n) is 3.76. The van der Waals surface area contributed by atoms with Crippen molar-refractivity contribution in [2.24, 2.45) is 0 Å². The molecule has 1 aromatic heterocycles. The Bertz CT molecular complexity index is 797. The SMILES string of the molecule is N#CC(=CNc1c(I)cc(I)c(C(=O)O)c1I)c1nn[nH]n1. The van der Waals surface area contributed by atoms with E-state index in [1.165, 1.54) is 6.20 Å². The van der Waals surface area contributed by atoms with Crippen LogP contribution in [0.2, 0.25) is 0 Å². The van der Waals surface area contributed by atoms with Crippen LogP contribution in [0.5, 0.6) is 0 Å². The highest BCUT2D eigenvalue weighted by Crippen LogP contribution is 2.32. The van der Waals surface area contributed by atoms with Crippen molar-refractivity contribution >= 4 is 85.0 Å². The zero-order chi connectivity index (χ0) is 16.3. The maximum atomic E-state index is 11.3. The van der Waals surface area contributed by atoms with Gasteiger partial charge in [0.25, 0.3) is 0 Å². The molecule has 0 amide bonds. The molecule has 1 aromatic carbocycles. The Hall–Kier alpha value is -1.02. The van der Waals surface area contributed by atoms with E-state index in [1.807, 2.05) is 51.3 Å². The van der Waals surface area contributed by atoms with E-state index in [0.717, 1.165) is 3.57 Å². The first kappa shape index (κ1) is 17.3. The quantitative estimate of drug-likeness (QED) is 0.349. The molecule has 0 spiro atoms. The van der Waals surface area contributed by atoms with Gasteiger partial charge < -0.3 is 10.4 Å². The minimum Gasteiger partial charge on any atom is -0.478 e. The Labute approximate surface area is 165 Å². The number of nitrogens with zero attached hydrogens (tertiary/aromatic N) is 4. The van der Waals surface area contributed by atoms with Crippen molar-refractivity contribution in [3.63, 3.8) is 0 Å². The summed E-state index contributed by atoms with van der Waals surface area (Å²) in [5, 5.41) is 34.5. The summed E-state index contributed by atoms with van der Waals surface area (Å²) < 4.78 is 2.04. The number of aromatic carboxylic acids is 1. The van der Waals surface area contributed by atoms with E-state index in [9.17, 15) is 9.90 Å². The van der Waals surface area contributed by atoms with Crippen LogP contribution in [-0.4, -0.2) is 31.7 Å². The lowest BCUT2D eigenvalue weighted by molar-refractivity contribution is 0.0694. The first-order chi connectivity index (χ1) is 10.5. The van der Waals surface area contributed by atoms with Crippen molar-refractivity contribution < 1.29 is 9.90 Å². The Balaban J connectivity index is 2.44. The van der Waals surface area contributed by atoms with Crippen LogP contribution in [0, 0.1) is 22.0 Å². The van der Waals surface area contributed by atoms with E-state index in [2.05, 4.69) is 48.5 Å². The number of hydrogen-bond acceptors (Lipinski definition) is 6. The van der Waals surface area contributed by atoms with E-state index in [0.29, 0.717) is 12.8 Å². The van der Waals surface area contributed by atoms with Gasteiger partial charge in [-0.15, -0.1) is 10.2 Å². The van der Waals surface area contributed by atoms with Gasteiger partial charge in [0.15, 0.2) is 0 Å². The first-order valence-electron chi connectivity index (χ1n) is 5.47. The van der Waals surface area contributed by atoms with Gasteiger partial charge in [-0.25, -0.2) is 4.79 Å². The second-order valence-corrected chi connectivity index (χ2v) is 7.16. The molecule has 0 radical (unpaired) electrons. The monoisotopic (exact) mass is 634 g/mol. The molecule has 0 fully saturated rings. The van der Waals surface area contributed by atoms with Crippen molar-refractivity contribution in [2.45, 2.75) is 0 Å². The lowest BCUT2D eigenvalue weighted by atomic mass is 10.2. The molecule has 0 aliphatic rings. The number of halogens is 3. The fourth-order valence-electron chi connectivity index (χ4n) is 1.49. The zero-order valence-corrected chi connectivity index (χ0v) is 16.9. The number of carboxylic acids is 1. The highest BCUT2D eigenvalue weighted by Gasteiger charge is 2.19. The second kappa shape index (κ2) is 7.50. The number of nitriles is 1. The minimum absolute atomic E-state index is 0.156. The number of nitrogens with one attached hydrogen (secondary N) is 2. The van der Waals surface area contributed by atoms with Gasteiger partial charge in [-0.1, -0.05) is 0 Å². The molecular weight excluding hydrogens is 629 g/mol. The first-order valence-corrected chi connectivity index (χ1v) is 8.70. The van der Waals surface area contributed by atoms with E-state index in [-0.39, 0.29) is 17.0 Å². The molecule has 8 nitrogen and oxygen atoms in total. The van der Waals surface area contributed by atoms with Crippen LogP contribution in [0.3, 0.4) is 0 Å². The number of tetrazole rings is 1. The third-order valence-corrected chi connectivity index (χ3v) is 5.23. The standard InChI is InChI=1S/C11H5I3N6O2/c12-5-1-6(13)9(8(14)7(5)11(21)22)16-3-4(2-15)10-17-19-20-18-10/h1,3,16H,(H,21,22)(H,17,18,19,20). The Morgan fingerprint density at radius 3 is 2.68 bits per heavy atom. The minimum atomic E-state index is -1.00. The highest BCUT2D eigenvalue weighted by atomic mass is 127. The summed E-state index contributed by atoms with van der Waals surface area (Å²) in [6.07, 6.45) is 1.42. The molecule has 0 atom stereocenters. The van der Waals surface area contributed by atoms with Crippen LogP contribution in [0.4, 0.5) is 5.69 Å². The largest absolute Gasteiger partial charge is 0.478 e. The number of rotatable bonds is 4. The number of carbonyl (C=O) groups is 1. The third kappa shape index (κ3) is 3.65. The summed E-state index contributed by atoms with van der Waals surface area (Å²) in [5.41, 5.74) is 1.00. The van der Waals surface area contributed by atoms with E-state index < -0.39 is 5.97 Å². The molecule has 22 heavy (non-hydrogen) atoms. The predicted molar refractivity (Wildman–Crippen MR) is 103 cm³/mol. The van der Waals surface area contributed by atoms with Crippen LogP contribution in [0.25, 0.3) is 5.57 Å². The topological polar surface area (TPSA) is 128 Å². The number of aromatic nitrogens is 4. The average Bonchev–Trinajstić information content (AvgIpc) is 2.95. The summed E-state index contributed by atoms with van der Waals surface area (Å²) in [6, 6.07) is 3.71. The van der Waals surface area contributed by atoms with Gasteiger partial charge in [-0.3, -0.25) is 0 Å². The van der Waals surface area contributed by atoms with Gasteiger partial charge in [0.05, 0.1) is 14.8 Å². The van der Waals surface area contributed by atoms with Gasteiger partial charge in [0.2, 0.25) is 5.82 Å². The maximum Gasteiger partial charge on any atom is 0.337 e. The molecule has 2 aromatic rings. The molecule has 112 valence electrons. The fourth-order valence-corrected chi connectivity index (χ4v) is 5.63. The molecule has 0 aliphatic heterocycles.